The van der Waals surface area contributed by atoms with E-state index in [4.69, 9.17) is 5.73 Å². The minimum absolute atomic E-state index is 0.0989. The van der Waals surface area contributed by atoms with E-state index in [0.717, 1.165) is 11.3 Å². The first-order valence-corrected chi connectivity index (χ1v) is 8.07. The van der Waals surface area contributed by atoms with Gasteiger partial charge in [0.15, 0.2) is 0 Å². The molecule has 2 aliphatic heterocycles. The number of nitrogens with one attached hydrogen (secondary N) is 1. The highest BCUT2D eigenvalue weighted by atomic mass is 16.2. The Labute approximate surface area is 144 Å². The van der Waals surface area contributed by atoms with Crippen molar-refractivity contribution in [1.29, 1.82) is 0 Å². The molecule has 1 aromatic rings. The van der Waals surface area contributed by atoms with Crippen molar-refractivity contribution in [2.24, 2.45) is 5.73 Å². The molecular weight excluding hydrogens is 322 g/mol. The molecule has 0 aliphatic carbocycles. The van der Waals surface area contributed by atoms with E-state index in [-0.39, 0.29) is 24.0 Å². The maximum absolute atomic E-state index is 12.6. The smallest absolute Gasteiger partial charge is 0.262 e. The van der Waals surface area contributed by atoms with Crippen LogP contribution in [0.4, 0.5) is 0 Å². The molecule has 25 heavy (non-hydrogen) atoms. The van der Waals surface area contributed by atoms with Gasteiger partial charge in [0.25, 0.3) is 11.8 Å². The minimum Gasteiger partial charge on any atom is -0.330 e. The number of fused-ring (bicyclic) bond motifs is 1. The summed E-state index contributed by atoms with van der Waals surface area (Å²) in [6.07, 6.45) is 1.69. The SMILES string of the molecule is NCCCC#Cc1ccc2c(c1)C(=O)N(C1CCC(=O)NC1=O)C2=O. The summed E-state index contributed by atoms with van der Waals surface area (Å²) in [5.74, 6) is 3.85. The zero-order chi connectivity index (χ0) is 18.0. The fraction of sp³-hybridized carbons (Fsp3) is 0.333. The van der Waals surface area contributed by atoms with Crippen molar-refractivity contribution in [3.05, 3.63) is 34.9 Å². The monoisotopic (exact) mass is 339 g/mol. The highest BCUT2D eigenvalue weighted by Gasteiger charge is 2.44. The van der Waals surface area contributed by atoms with Crippen LogP contribution < -0.4 is 11.1 Å². The molecule has 0 bridgehead atoms. The van der Waals surface area contributed by atoms with Crippen LogP contribution >= 0.6 is 0 Å². The van der Waals surface area contributed by atoms with Crippen molar-refractivity contribution in [2.45, 2.75) is 31.7 Å². The van der Waals surface area contributed by atoms with Gasteiger partial charge in [-0.3, -0.25) is 29.4 Å². The number of imide groups is 2. The van der Waals surface area contributed by atoms with E-state index in [1.807, 2.05) is 0 Å². The zero-order valence-corrected chi connectivity index (χ0v) is 13.5. The van der Waals surface area contributed by atoms with Crippen LogP contribution in [-0.4, -0.2) is 41.1 Å². The number of carbonyl (C=O) groups excluding carboxylic acids is 4. The van der Waals surface area contributed by atoms with Gasteiger partial charge >= 0.3 is 0 Å². The maximum Gasteiger partial charge on any atom is 0.262 e. The van der Waals surface area contributed by atoms with Crippen LogP contribution in [0.1, 0.15) is 52.0 Å². The zero-order valence-electron chi connectivity index (χ0n) is 13.5. The van der Waals surface area contributed by atoms with Gasteiger partial charge in [0.2, 0.25) is 11.8 Å². The minimum atomic E-state index is -0.954. The predicted molar refractivity (Wildman–Crippen MR) is 88.3 cm³/mol. The van der Waals surface area contributed by atoms with E-state index >= 15 is 0 Å². The lowest BCUT2D eigenvalue weighted by Crippen LogP contribution is -2.54. The Hall–Kier alpha value is -2.98. The number of hydrogen-bond donors (Lipinski definition) is 2. The van der Waals surface area contributed by atoms with E-state index in [1.54, 1.807) is 18.2 Å². The van der Waals surface area contributed by atoms with Crippen LogP contribution in [0.3, 0.4) is 0 Å². The van der Waals surface area contributed by atoms with Gasteiger partial charge in [0.05, 0.1) is 11.1 Å². The van der Waals surface area contributed by atoms with Gasteiger partial charge in [-0.05, 0) is 37.6 Å². The summed E-state index contributed by atoms with van der Waals surface area (Å²) in [7, 11) is 0. The fourth-order valence-corrected chi connectivity index (χ4v) is 2.90. The van der Waals surface area contributed by atoms with Gasteiger partial charge in [0.1, 0.15) is 6.04 Å². The van der Waals surface area contributed by atoms with Gasteiger partial charge in [-0.15, -0.1) is 0 Å². The van der Waals surface area contributed by atoms with E-state index in [2.05, 4.69) is 17.2 Å². The first-order chi connectivity index (χ1) is 12.0. The number of piperidine rings is 1. The molecule has 3 rings (SSSR count). The summed E-state index contributed by atoms with van der Waals surface area (Å²) in [5, 5.41) is 2.17. The molecule has 1 aromatic carbocycles. The summed E-state index contributed by atoms with van der Waals surface area (Å²) >= 11 is 0. The molecule has 2 heterocycles. The Kier molecular flexibility index (Phi) is 4.63. The number of hydrogen-bond acceptors (Lipinski definition) is 5. The summed E-state index contributed by atoms with van der Waals surface area (Å²) < 4.78 is 0. The second-order valence-electron chi connectivity index (χ2n) is 5.90. The Bertz CT molecular complexity index is 834. The molecule has 4 amide bonds. The third-order valence-electron chi connectivity index (χ3n) is 4.18. The van der Waals surface area contributed by atoms with Crippen molar-refractivity contribution >= 4 is 23.6 Å². The Balaban J connectivity index is 1.85. The van der Waals surface area contributed by atoms with Crippen LogP contribution in [0.25, 0.3) is 0 Å². The summed E-state index contributed by atoms with van der Waals surface area (Å²) in [6, 6.07) is 3.84. The van der Waals surface area contributed by atoms with Gasteiger partial charge in [-0.2, -0.15) is 0 Å². The van der Waals surface area contributed by atoms with Gasteiger partial charge in [-0.25, -0.2) is 0 Å². The van der Waals surface area contributed by atoms with Crippen LogP contribution in [0, 0.1) is 11.8 Å². The predicted octanol–water partition coefficient (Wildman–Crippen LogP) is 0.178. The number of unbranched alkanes of at least 4 members (excludes halogenated alkanes) is 1. The van der Waals surface area contributed by atoms with E-state index in [0.29, 0.717) is 18.5 Å². The van der Waals surface area contributed by atoms with Crippen molar-refractivity contribution in [3.63, 3.8) is 0 Å². The molecule has 0 saturated carbocycles. The second kappa shape index (κ2) is 6.87. The Morgan fingerprint density at radius 1 is 1.16 bits per heavy atom. The number of amides is 4. The third-order valence-corrected chi connectivity index (χ3v) is 4.18. The van der Waals surface area contributed by atoms with E-state index < -0.39 is 29.7 Å². The fourth-order valence-electron chi connectivity index (χ4n) is 2.90. The molecule has 3 N–H and O–H groups in total. The number of benzene rings is 1. The quantitative estimate of drug-likeness (QED) is 0.464. The van der Waals surface area contributed by atoms with Crippen molar-refractivity contribution in [1.82, 2.24) is 10.2 Å². The normalized spacial score (nSPS) is 19.4. The first kappa shape index (κ1) is 16.9. The first-order valence-electron chi connectivity index (χ1n) is 8.07. The Morgan fingerprint density at radius 3 is 2.64 bits per heavy atom. The number of nitrogens with zero attached hydrogens (tertiary/aromatic N) is 1. The molecule has 1 fully saturated rings. The number of rotatable bonds is 3. The van der Waals surface area contributed by atoms with Gasteiger partial charge < -0.3 is 5.73 Å². The summed E-state index contributed by atoms with van der Waals surface area (Å²) in [6.45, 7) is 0.562. The van der Waals surface area contributed by atoms with Crippen molar-refractivity contribution in [2.75, 3.05) is 6.54 Å². The van der Waals surface area contributed by atoms with Crippen LogP contribution in [-0.2, 0) is 9.59 Å². The average molecular weight is 339 g/mol. The van der Waals surface area contributed by atoms with Crippen molar-refractivity contribution in [3.8, 4) is 11.8 Å². The van der Waals surface area contributed by atoms with Gasteiger partial charge in [-0.1, -0.05) is 11.8 Å². The highest BCUT2D eigenvalue weighted by Crippen LogP contribution is 2.28. The van der Waals surface area contributed by atoms with Crippen LogP contribution in [0.5, 0.6) is 0 Å². The van der Waals surface area contributed by atoms with Crippen LogP contribution in [0.15, 0.2) is 18.2 Å². The molecule has 1 atom stereocenters. The Morgan fingerprint density at radius 2 is 1.92 bits per heavy atom. The molecule has 7 heteroatoms. The second-order valence-corrected chi connectivity index (χ2v) is 5.90. The molecule has 1 saturated heterocycles. The van der Waals surface area contributed by atoms with Gasteiger partial charge in [0, 0.05) is 18.4 Å². The number of nitrogens with two attached hydrogens (primary N) is 1. The molecule has 0 aromatic heterocycles. The lowest BCUT2D eigenvalue weighted by Gasteiger charge is -2.27. The highest BCUT2D eigenvalue weighted by molar-refractivity contribution is 6.23. The van der Waals surface area contributed by atoms with E-state index in [1.165, 1.54) is 0 Å². The molecule has 7 nitrogen and oxygen atoms in total. The lowest BCUT2D eigenvalue weighted by atomic mass is 10.0. The maximum atomic E-state index is 12.6. The third kappa shape index (κ3) is 3.16. The topological polar surface area (TPSA) is 110 Å². The van der Waals surface area contributed by atoms with Crippen LogP contribution in [0.2, 0.25) is 0 Å². The summed E-state index contributed by atoms with van der Waals surface area (Å²) in [4.78, 5) is 49.4. The largest absolute Gasteiger partial charge is 0.330 e. The molecule has 128 valence electrons. The molecule has 0 radical (unpaired) electrons. The molecular formula is C18H17N3O4. The summed E-state index contributed by atoms with van der Waals surface area (Å²) in [5.41, 5.74) is 6.53. The average Bonchev–Trinajstić information content (AvgIpc) is 2.83. The molecule has 2 aliphatic rings. The van der Waals surface area contributed by atoms with E-state index in [9.17, 15) is 19.2 Å². The standard InChI is InChI=1S/C18H17N3O4/c19-9-3-1-2-4-11-5-6-12-13(10-11)18(25)21(17(12)24)14-7-8-15(22)20-16(14)23/h5-6,10,14H,1,3,7-9,19H2,(H,20,22,23). The molecule has 1 unspecified atom stereocenters. The van der Waals surface area contributed by atoms with Crippen molar-refractivity contribution < 1.29 is 19.2 Å². The number of carbonyl (C=O) groups is 4. The molecule has 0 spiro atoms. The lowest BCUT2D eigenvalue weighted by molar-refractivity contribution is -0.136.